The van der Waals surface area contributed by atoms with Crippen LogP contribution in [0.5, 0.6) is 17.2 Å². The largest absolute Gasteiger partial charge is 0.482 e. The second-order valence-electron chi connectivity index (χ2n) is 5.74. The molecule has 0 saturated heterocycles. The second kappa shape index (κ2) is 6.87. The van der Waals surface area contributed by atoms with E-state index in [1.54, 1.807) is 12.1 Å². The minimum Gasteiger partial charge on any atom is -0.482 e. The first kappa shape index (κ1) is 15.6. The van der Waals surface area contributed by atoms with E-state index in [0.29, 0.717) is 17.2 Å². The molecule has 0 N–H and O–H groups in total. The van der Waals surface area contributed by atoms with E-state index in [4.69, 9.17) is 14.2 Å². The van der Waals surface area contributed by atoms with Gasteiger partial charge in [0.2, 0.25) is 12.5 Å². The van der Waals surface area contributed by atoms with E-state index in [0.717, 1.165) is 18.5 Å². The molecule has 4 nitrogen and oxygen atoms in total. The molecule has 3 rings (SSSR count). The highest BCUT2D eigenvalue weighted by molar-refractivity contribution is 5.52. The SMILES string of the molecule is CN(C)CC[C@@H](Oc1cccc2c1OCO2)c1ccc(F)cc1. The van der Waals surface area contributed by atoms with Crippen LogP contribution in [0.1, 0.15) is 18.1 Å². The molecule has 1 heterocycles. The molecule has 1 atom stereocenters. The fourth-order valence-electron chi connectivity index (χ4n) is 2.50. The Morgan fingerprint density at radius 3 is 2.65 bits per heavy atom. The summed E-state index contributed by atoms with van der Waals surface area (Å²) in [5, 5.41) is 0. The van der Waals surface area contributed by atoms with Gasteiger partial charge in [-0.25, -0.2) is 4.39 Å². The van der Waals surface area contributed by atoms with Gasteiger partial charge in [0.15, 0.2) is 11.5 Å². The van der Waals surface area contributed by atoms with Crippen LogP contribution in [0, 0.1) is 5.82 Å². The number of nitrogens with zero attached hydrogens (tertiary/aromatic N) is 1. The maximum atomic E-state index is 13.2. The first-order valence-corrected chi connectivity index (χ1v) is 7.59. The van der Waals surface area contributed by atoms with Gasteiger partial charge in [-0.3, -0.25) is 0 Å². The van der Waals surface area contributed by atoms with Gasteiger partial charge in [-0.05, 0) is 43.9 Å². The highest BCUT2D eigenvalue weighted by Gasteiger charge is 2.22. The van der Waals surface area contributed by atoms with Crippen molar-refractivity contribution in [2.24, 2.45) is 0 Å². The molecule has 0 unspecified atom stereocenters. The quantitative estimate of drug-likeness (QED) is 0.814. The molecule has 122 valence electrons. The Hall–Kier alpha value is -2.27. The summed E-state index contributed by atoms with van der Waals surface area (Å²) in [6.45, 7) is 1.06. The van der Waals surface area contributed by atoms with Crippen LogP contribution >= 0.6 is 0 Å². The second-order valence-corrected chi connectivity index (χ2v) is 5.74. The molecule has 1 aliphatic rings. The molecule has 0 fully saturated rings. The topological polar surface area (TPSA) is 30.9 Å². The molecule has 2 aromatic carbocycles. The first-order chi connectivity index (χ1) is 11.1. The van der Waals surface area contributed by atoms with Crippen LogP contribution in [-0.4, -0.2) is 32.3 Å². The molecule has 0 aromatic heterocycles. The van der Waals surface area contributed by atoms with Gasteiger partial charge in [0.05, 0.1) is 0 Å². The fourth-order valence-corrected chi connectivity index (χ4v) is 2.50. The molecule has 0 radical (unpaired) electrons. The lowest BCUT2D eigenvalue weighted by molar-refractivity contribution is 0.153. The number of benzene rings is 2. The molecule has 0 saturated carbocycles. The maximum absolute atomic E-state index is 13.2. The molecule has 2 aromatic rings. The van der Waals surface area contributed by atoms with Crippen molar-refractivity contribution < 1.29 is 18.6 Å². The van der Waals surface area contributed by atoms with Crippen molar-refractivity contribution in [3.63, 3.8) is 0 Å². The molecule has 0 spiro atoms. The Morgan fingerprint density at radius 1 is 1.13 bits per heavy atom. The van der Waals surface area contributed by atoms with Crippen molar-refractivity contribution in [2.45, 2.75) is 12.5 Å². The number of halogens is 1. The molecule has 0 amide bonds. The van der Waals surface area contributed by atoms with Crippen molar-refractivity contribution in [3.8, 4) is 17.2 Å². The first-order valence-electron chi connectivity index (χ1n) is 7.59. The van der Waals surface area contributed by atoms with E-state index in [1.807, 2.05) is 32.3 Å². The third-order valence-corrected chi connectivity index (χ3v) is 3.71. The van der Waals surface area contributed by atoms with Crippen LogP contribution in [0.3, 0.4) is 0 Å². The van der Waals surface area contributed by atoms with Gasteiger partial charge in [0.1, 0.15) is 11.9 Å². The molecular formula is C18H20FNO3. The van der Waals surface area contributed by atoms with Gasteiger partial charge in [0, 0.05) is 13.0 Å². The number of rotatable bonds is 6. The Morgan fingerprint density at radius 2 is 1.91 bits per heavy atom. The monoisotopic (exact) mass is 317 g/mol. The molecule has 0 bridgehead atoms. The van der Waals surface area contributed by atoms with E-state index in [9.17, 15) is 4.39 Å². The van der Waals surface area contributed by atoms with E-state index < -0.39 is 0 Å². The van der Waals surface area contributed by atoms with Crippen molar-refractivity contribution in [1.29, 1.82) is 0 Å². The summed E-state index contributed by atoms with van der Waals surface area (Å²) in [5.41, 5.74) is 0.935. The molecule has 0 aliphatic carbocycles. The zero-order chi connectivity index (χ0) is 16.2. The normalized spacial score (nSPS) is 14.1. The van der Waals surface area contributed by atoms with Crippen LogP contribution in [-0.2, 0) is 0 Å². The van der Waals surface area contributed by atoms with Gasteiger partial charge in [0.25, 0.3) is 0 Å². The Labute approximate surface area is 135 Å². The van der Waals surface area contributed by atoms with Crippen molar-refractivity contribution in [3.05, 3.63) is 53.8 Å². The smallest absolute Gasteiger partial charge is 0.231 e. The average Bonchev–Trinajstić information content (AvgIpc) is 3.01. The van der Waals surface area contributed by atoms with Gasteiger partial charge in [-0.2, -0.15) is 0 Å². The predicted molar refractivity (Wildman–Crippen MR) is 85.5 cm³/mol. The van der Waals surface area contributed by atoms with Gasteiger partial charge in [-0.15, -0.1) is 0 Å². The number of fused-ring (bicyclic) bond motifs is 1. The molecule has 23 heavy (non-hydrogen) atoms. The predicted octanol–water partition coefficient (Wildman–Crippen LogP) is 3.63. The summed E-state index contributed by atoms with van der Waals surface area (Å²) in [6, 6.07) is 12.0. The third kappa shape index (κ3) is 3.74. The summed E-state index contributed by atoms with van der Waals surface area (Å²) in [4.78, 5) is 2.09. The Bertz CT molecular complexity index is 658. The highest BCUT2D eigenvalue weighted by Crippen LogP contribution is 2.42. The lowest BCUT2D eigenvalue weighted by Crippen LogP contribution is -2.19. The minimum absolute atomic E-state index is 0.186. The summed E-state index contributed by atoms with van der Waals surface area (Å²) in [7, 11) is 4.03. The van der Waals surface area contributed by atoms with Crippen molar-refractivity contribution in [2.75, 3.05) is 27.4 Å². The van der Waals surface area contributed by atoms with Gasteiger partial charge in [-0.1, -0.05) is 18.2 Å². The Balaban J connectivity index is 1.83. The van der Waals surface area contributed by atoms with E-state index in [-0.39, 0.29) is 18.7 Å². The standard InChI is InChI=1S/C18H20FNO3/c1-20(2)11-10-15(13-6-8-14(19)9-7-13)23-17-5-3-4-16-18(17)22-12-21-16/h3-9,15H,10-12H2,1-2H3/t15-/m1/s1. The summed E-state index contributed by atoms with van der Waals surface area (Å²) < 4.78 is 30.2. The van der Waals surface area contributed by atoms with E-state index >= 15 is 0 Å². The molecular weight excluding hydrogens is 297 g/mol. The number of hydrogen-bond donors (Lipinski definition) is 0. The fraction of sp³-hybridized carbons (Fsp3) is 0.333. The van der Waals surface area contributed by atoms with Gasteiger partial charge >= 0.3 is 0 Å². The zero-order valence-corrected chi connectivity index (χ0v) is 13.3. The summed E-state index contributed by atoms with van der Waals surface area (Å²) in [6.07, 6.45) is 0.595. The number of hydrogen-bond acceptors (Lipinski definition) is 4. The molecule has 1 aliphatic heterocycles. The lowest BCUT2D eigenvalue weighted by Gasteiger charge is -2.22. The average molecular weight is 317 g/mol. The van der Waals surface area contributed by atoms with E-state index in [1.165, 1.54) is 12.1 Å². The summed E-state index contributed by atoms with van der Waals surface area (Å²) in [5.74, 6) is 1.71. The number of para-hydroxylation sites is 1. The van der Waals surface area contributed by atoms with Crippen molar-refractivity contribution >= 4 is 0 Å². The van der Waals surface area contributed by atoms with Gasteiger partial charge < -0.3 is 19.1 Å². The van der Waals surface area contributed by atoms with Crippen LogP contribution < -0.4 is 14.2 Å². The lowest BCUT2D eigenvalue weighted by atomic mass is 10.1. The highest BCUT2D eigenvalue weighted by atomic mass is 19.1. The zero-order valence-electron chi connectivity index (χ0n) is 13.3. The summed E-state index contributed by atoms with van der Waals surface area (Å²) >= 11 is 0. The van der Waals surface area contributed by atoms with Crippen LogP contribution in [0.15, 0.2) is 42.5 Å². The van der Waals surface area contributed by atoms with Crippen LogP contribution in [0.4, 0.5) is 4.39 Å². The van der Waals surface area contributed by atoms with Crippen molar-refractivity contribution in [1.82, 2.24) is 4.90 Å². The van der Waals surface area contributed by atoms with Crippen LogP contribution in [0.2, 0.25) is 0 Å². The van der Waals surface area contributed by atoms with E-state index in [2.05, 4.69) is 4.90 Å². The maximum Gasteiger partial charge on any atom is 0.231 e. The van der Waals surface area contributed by atoms with Crippen LogP contribution in [0.25, 0.3) is 0 Å². The number of ether oxygens (including phenoxy) is 3. The molecule has 5 heteroatoms. The third-order valence-electron chi connectivity index (χ3n) is 3.71. The minimum atomic E-state index is -0.252. The Kier molecular flexibility index (Phi) is 4.67.